The molecule has 21 heavy (non-hydrogen) atoms. The Labute approximate surface area is 124 Å². The molecule has 4 nitrogen and oxygen atoms in total. The van der Waals surface area contributed by atoms with Crippen LogP contribution in [-0.2, 0) is 0 Å². The van der Waals surface area contributed by atoms with Gasteiger partial charge in [0.2, 0.25) is 0 Å². The van der Waals surface area contributed by atoms with Crippen LogP contribution in [0.25, 0.3) is 11.0 Å². The monoisotopic (exact) mass is 286 g/mol. The summed E-state index contributed by atoms with van der Waals surface area (Å²) < 4.78 is 5.57. The summed E-state index contributed by atoms with van der Waals surface area (Å²) in [7, 11) is 0. The number of nitrogen functional groups attached to an aromatic ring is 1. The van der Waals surface area contributed by atoms with Gasteiger partial charge in [0, 0.05) is 17.6 Å². The van der Waals surface area contributed by atoms with Crippen molar-refractivity contribution in [3.63, 3.8) is 0 Å². The van der Waals surface area contributed by atoms with Crippen molar-refractivity contribution in [1.82, 2.24) is 5.32 Å². The number of furan rings is 1. The zero-order chi connectivity index (χ0) is 14.8. The van der Waals surface area contributed by atoms with Gasteiger partial charge in [-0.3, -0.25) is 4.79 Å². The molecule has 1 aromatic heterocycles. The number of hydrogen-bond acceptors (Lipinski definition) is 3. The van der Waals surface area contributed by atoms with E-state index in [0.717, 1.165) is 17.8 Å². The molecule has 1 aliphatic carbocycles. The largest absolute Gasteiger partial charge is 0.451 e. The first-order valence-electron chi connectivity index (χ1n) is 7.69. The molecule has 0 bridgehead atoms. The third kappa shape index (κ3) is 3.20. The van der Waals surface area contributed by atoms with E-state index >= 15 is 0 Å². The normalized spacial score (nSPS) is 22.3. The molecule has 0 atom stereocenters. The summed E-state index contributed by atoms with van der Waals surface area (Å²) in [5.74, 6) is 1.66. The maximum atomic E-state index is 12.2. The minimum atomic E-state index is -0.136. The van der Waals surface area contributed by atoms with Gasteiger partial charge in [0.1, 0.15) is 5.58 Å². The fourth-order valence-electron chi connectivity index (χ4n) is 3.03. The van der Waals surface area contributed by atoms with Gasteiger partial charge in [0.05, 0.1) is 0 Å². The number of fused-ring (bicyclic) bond motifs is 1. The topological polar surface area (TPSA) is 68.3 Å². The maximum absolute atomic E-state index is 12.2. The Bertz CT molecular complexity index is 639. The molecule has 3 rings (SSSR count). The van der Waals surface area contributed by atoms with Gasteiger partial charge in [-0.2, -0.15) is 0 Å². The number of carbonyl (C=O) groups is 1. The molecule has 1 amide bonds. The van der Waals surface area contributed by atoms with Crippen LogP contribution < -0.4 is 11.1 Å². The lowest BCUT2D eigenvalue weighted by Gasteiger charge is -2.26. The van der Waals surface area contributed by atoms with E-state index in [1.54, 1.807) is 18.2 Å². The van der Waals surface area contributed by atoms with E-state index in [4.69, 9.17) is 10.2 Å². The van der Waals surface area contributed by atoms with Gasteiger partial charge in [-0.25, -0.2) is 0 Å². The van der Waals surface area contributed by atoms with Gasteiger partial charge < -0.3 is 15.5 Å². The number of rotatable bonds is 3. The molecule has 0 aliphatic heterocycles. The molecule has 2 aromatic rings. The maximum Gasteiger partial charge on any atom is 0.287 e. The fraction of sp³-hybridized carbons (Fsp3) is 0.471. The van der Waals surface area contributed by atoms with Crippen molar-refractivity contribution in [2.45, 2.75) is 32.6 Å². The first-order chi connectivity index (χ1) is 10.1. The molecule has 0 unspecified atom stereocenters. The quantitative estimate of drug-likeness (QED) is 0.847. The molecule has 3 N–H and O–H groups in total. The van der Waals surface area contributed by atoms with Crippen molar-refractivity contribution in [3.05, 3.63) is 30.0 Å². The van der Waals surface area contributed by atoms with Crippen LogP contribution in [0, 0.1) is 11.8 Å². The number of benzene rings is 1. The Kier molecular flexibility index (Phi) is 3.86. The van der Waals surface area contributed by atoms with Crippen molar-refractivity contribution in [3.8, 4) is 0 Å². The molecular formula is C17H22N2O2. The number of amides is 1. The molecule has 1 aliphatic rings. The highest BCUT2D eigenvalue weighted by molar-refractivity contribution is 5.96. The molecule has 1 fully saturated rings. The van der Waals surface area contributed by atoms with E-state index < -0.39 is 0 Å². The molecule has 1 heterocycles. The van der Waals surface area contributed by atoms with E-state index in [9.17, 15) is 4.79 Å². The van der Waals surface area contributed by atoms with Crippen LogP contribution in [0.1, 0.15) is 43.2 Å². The van der Waals surface area contributed by atoms with Crippen molar-refractivity contribution < 1.29 is 9.21 Å². The molecule has 0 spiro atoms. The smallest absolute Gasteiger partial charge is 0.287 e. The van der Waals surface area contributed by atoms with E-state index in [2.05, 4.69) is 12.2 Å². The van der Waals surface area contributed by atoms with Crippen molar-refractivity contribution >= 4 is 22.6 Å². The summed E-state index contributed by atoms with van der Waals surface area (Å²) in [6, 6.07) is 7.14. The predicted octanol–water partition coefficient (Wildman–Crippen LogP) is 3.57. The highest BCUT2D eigenvalue weighted by Gasteiger charge is 2.20. The van der Waals surface area contributed by atoms with Crippen LogP contribution in [0.4, 0.5) is 5.69 Å². The second kappa shape index (κ2) is 5.80. The second-order valence-corrected chi connectivity index (χ2v) is 6.24. The summed E-state index contributed by atoms with van der Waals surface area (Å²) in [4.78, 5) is 12.2. The van der Waals surface area contributed by atoms with Gasteiger partial charge >= 0.3 is 0 Å². The summed E-state index contributed by atoms with van der Waals surface area (Å²) >= 11 is 0. The highest BCUT2D eigenvalue weighted by Crippen LogP contribution is 2.28. The van der Waals surface area contributed by atoms with Crippen molar-refractivity contribution in [2.24, 2.45) is 11.8 Å². The van der Waals surface area contributed by atoms with Gasteiger partial charge in [-0.05, 0) is 48.9 Å². The Morgan fingerprint density at radius 2 is 2.05 bits per heavy atom. The van der Waals surface area contributed by atoms with Gasteiger partial charge in [0.25, 0.3) is 5.91 Å². The van der Waals surface area contributed by atoms with E-state index in [0.29, 0.717) is 22.9 Å². The molecule has 1 aromatic carbocycles. The zero-order valence-corrected chi connectivity index (χ0v) is 12.4. The first-order valence-corrected chi connectivity index (χ1v) is 7.69. The zero-order valence-electron chi connectivity index (χ0n) is 12.4. The summed E-state index contributed by atoms with van der Waals surface area (Å²) in [5.41, 5.74) is 7.10. The van der Waals surface area contributed by atoms with Gasteiger partial charge in [-0.1, -0.05) is 19.8 Å². The average Bonchev–Trinajstić information content (AvgIpc) is 2.89. The first kappa shape index (κ1) is 14.0. The Balaban J connectivity index is 1.61. The van der Waals surface area contributed by atoms with Crippen molar-refractivity contribution in [2.75, 3.05) is 12.3 Å². The highest BCUT2D eigenvalue weighted by atomic mass is 16.3. The number of anilines is 1. The summed E-state index contributed by atoms with van der Waals surface area (Å²) in [6.07, 6.45) is 4.95. The van der Waals surface area contributed by atoms with Gasteiger partial charge in [-0.15, -0.1) is 0 Å². The molecule has 1 saturated carbocycles. The summed E-state index contributed by atoms with van der Waals surface area (Å²) in [6.45, 7) is 3.04. The molecular weight excluding hydrogens is 264 g/mol. The van der Waals surface area contributed by atoms with Crippen molar-refractivity contribution in [1.29, 1.82) is 0 Å². The molecule has 112 valence electrons. The minimum Gasteiger partial charge on any atom is -0.451 e. The standard InChI is InChI=1S/C17H22N2O2/c1-11-2-4-12(5-3-11)10-19-17(20)16-9-13-8-14(18)6-7-15(13)21-16/h6-9,11-12H,2-5,10,18H2,1H3,(H,19,20). The van der Waals surface area contributed by atoms with Crippen LogP contribution in [0.3, 0.4) is 0 Å². The predicted molar refractivity (Wildman–Crippen MR) is 84.1 cm³/mol. The number of hydrogen-bond donors (Lipinski definition) is 2. The lowest BCUT2D eigenvalue weighted by molar-refractivity contribution is 0.0916. The van der Waals surface area contributed by atoms with E-state index in [1.165, 1.54) is 25.7 Å². The fourth-order valence-corrected chi connectivity index (χ4v) is 3.03. The minimum absolute atomic E-state index is 0.136. The number of carbonyl (C=O) groups excluding carboxylic acids is 1. The SMILES string of the molecule is CC1CCC(CNC(=O)c2cc3cc(N)ccc3o2)CC1. The lowest BCUT2D eigenvalue weighted by atomic mass is 9.83. The van der Waals surface area contributed by atoms with Crippen LogP contribution in [0.15, 0.2) is 28.7 Å². The van der Waals surface area contributed by atoms with Crippen LogP contribution in [-0.4, -0.2) is 12.5 Å². The second-order valence-electron chi connectivity index (χ2n) is 6.24. The molecule has 0 radical (unpaired) electrons. The third-order valence-corrected chi connectivity index (χ3v) is 4.45. The van der Waals surface area contributed by atoms with Gasteiger partial charge in [0.15, 0.2) is 5.76 Å². The van der Waals surface area contributed by atoms with Crippen LogP contribution >= 0.6 is 0 Å². The number of nitrogens with one attached hydrogen (secondary N) is 1. The van der Waals surface area contributed by atoms with E-state index in [1.807, 2.05) is 6.07 Å². The van der Waals surface area contributed by atoms with Crippen LogP contribution in [0.2, 0.25) is 0 Å². The number of nitrogens with two attached hydrogens (primary N) is 1. The van der Waals surface area contributed by atoms with Crippen LogP contribution in [0.5, 0.6) is 0 Å². The summed E-state index contributed by atoms with van der Waals surface area (Å²) in [5, 5.41) is 3.86. The molecule has 4 heteroatoms. The average molecular weight is 286 g/mol. The molecule has 0 saturated heterocycles. The Hall–Kier alpha value is -1.97. The lowest BCUT2D eigenvalue weighted by Crippen LogP contribution is -2.30. The Morgan fingerprint density at radius 3 is 2.81 bits per heavy atom. The Morgan fingerprint density at radius 1 is 1.29 bits per heavy atom. The van der Waals surface area contributed by atoms with E-state index in [-0.39, 0.29) is 5.91 Å². The third-order valence-electron chi connectivity index (χ3n) is 4.45.